The van der Waals surface area contributed by atoms with Crippen molar-refractivity contribution in [2.75, 3.05) is 25.6 Å². The number of rotatable bonds is 3. The van der Waals surface area contributed by atoms with E-state index in [-0.39, 0.29) is 18.0 Å². The second-order valence-corrected chi connectivity index (χ2v) is 5.04. The number of nitrogens with zero attached hydrogens (tertiary/aromatic N) is 1. The molecule has 1 aliphatic rings. The van der Waals surface area contributed by atoms with E-state index in [0.29, 0.717) is 13.2 Å². The molecule has 106 valence electrons. The summed E-state index contributed by atoms with van der Waals surface area (Å²) in [7, 11) is 1.67. The van der Waals surface area contributed by atoms with E-state index in [9.17, 15) is 4.39 Å². The van der Waals surface area contributed by atoms with Gasteiger partial charge >= 0.3 is 0 Å². The van der Waals surface area contributed by atoms with Gasteiger partial charge in [0.05, 0.1) is 24.8 Å². The van der Waals surface area contributed by atoms with Gasteiger partial charge in [0.2, 0.25) is 0 Å². The van der Waals surface area contributed by atoms with E-state index in [2.05, 4.69) is 10.3 Å². The van der Waals surface area contributed by atoms with Gasteiger partial charge in [-0.15, -0.1) is 0 Å². The molecule has 1 N–H and O–H groups in total. The summed E-state index contributed by atoms with van der Waals surface area (Å²) in [5.41, 5.74) is 2.53. The first-order chi connectivity index (χ1) is 9.67. The van der Waals surface area contributed by atoms with Crippen LogP contribution in [0.5, 0.6) is 0 Å². The Morgan fingerprint density at radius 3 is 3.00 bits per heavy atom. The van der Waals surface area contributed by atoms with Crippen molar-refractivity contribution in [1.29, 1.82) is 0 Å². The maximum Gasteiger partial charge on any atom is 0.124 e. The fraction of sp³-hybridized carbons (Fsp3) is 0.400. The van der Waals surface area contributed by atoms with Crippen LogP contribution in [0, 0.1) is 12.7 Å². The highest BCUT2D eigenvalue weighted by molar-refractivity contribution is 5.91. The third-order valence-corrected chi connectivity index (χ3v) is 3.57. The van der Waals surface area contributed by atoms with E-state index in [0.717, 1.165) is 22.3 Å². The van der Waals surface area contributed by atoms with Gasteiger partial charge in [0.25, 0.3) is 0 Å². The van der Waals surface area contributed by atoms with E-state index < -0.39 is 0 Å². The van der Waals surface area contributed by atoms with Crippen LogP contribution >= 0.6 is 0 Å². The molecule has 1 aliphatic heterocycles. The van der Waals surface area contributed by atoms with E-state index in [1.807, 2.05) is 13.0 Å². The van der Waals surface area contributed by atoms with Crippen molar-refractivity contribution >= 4 is 16.6 Å². The van der Waals surface area contributed by atoms with Gasteiger partial charge in [-0.2, -0.15) is 0 Å². The molecule has 0 bridgehead atoms. The lowest BCUT2D eigenvalue weighted by Crippen LogP contribution is -2.33. The number of anilines is 1. The van der Waals surface area contributed by atoms with Crippen LogP contribution in [0.1, 0.15) is 5.69 Å². The predicted octanol–water partition coefficient (Wildman–Crippen LogP) is 2.51. The molecule has 4 nitrogen and oxygen atoms in total. The standard InChI is InChI=1S/C15H17FN2O2/c1-9-5-13(18-14-7-20-8-15(14)19-2)11-6-10(16)3-4-12(11)17-9/h3-6,14-15H,7-8H2,1-2H3,(H,17,18)/t14-,15-/m0/s1. The van der Waals surface area contributed by atoms with Crippen molar-refractivity contribution in [1.82, 2.24) is 4.98 Å². The first kappa shape index (κ1) is 13.3. The number of ether oxygens (including phenoxy) is 2. The van der Waals surface area contributed by atoms with Gasteiger partial charge in [0.15, 0.2) is 0 Å². The SMILES string of the molecule is CO[C@H]1COC[C@@H]1Nc1cc(C)nc2ccc(F)cc12. The van der Waals surface area contributed by atoms with Crippen LogP contribution in [0.3, 0.4) is 0 Å². The molecule has 1 saturated heterocycles. The fourth-order valence-electron chi connectivity index (χ4n) is 2.55. The van der Waals surface area contributed by atoms with Gasteiger partial charge in [-0.25, -0.2) is 4.39 Å². The number of nitrogens with one attached hydrogen (secondary N) is 1. The number of hydrogen-bond donors (Lipinski definition) is 1. The molecular formula is C15H17FN2O2. The average Bonchev–Trinajstić information content (AvgIpc) is 2.87. The van der Waals surface area contributed by atoms with Crippen molar-refractivity contribution in [3.8, 4) is 0 Å². The quantitative estimate of drug-likeness (QED) is 0.935. The first-order valence-electron chi connectivity index (χ1n) is 6.61. The topological polar surface area (TPSA) is 43.4 Å². The summed E-state index contributed by atoms with van der Waals surface area (Å²) in [5.74, 6) is -0.267. The zero-order valence-corrected chi connectivity index (χ0v) is 11.5. The molecule has 2 heterocycles. The van der Waals surface area contributed by atoms with Crippen LogP contribution in [-0.4, -0.2) is 37.5 Å². The molecular weight excluding hydrogens is 259 g/mol. The van der Waals surface area contributed by atoms with Crippen LogP contribution in [-0.2, 0) is 9.47 Å². The van der Waals surface area contributed by atoms with Crippen molar-refractivity contribution < 1.29 is 13.9 Å². The zero-order chi connectivity index (χ0) is 14.1. The van der Waals surface area contributed by atoms with Crippen LogP contribution in [0.25, 0.3) is 10.9 Å². The van der Waals surface area contributed by atoms with Crippen LogP contribution in [0.15, 0.2) is 24.3 Å². The van der Waals surface area contributed by atoms with Gasteiger partial charge in [-0.1, -0.05) is 0 Å². The van der Waals surface area contributed by atoms with E-state index in [1.54, 1.807) is 13.2 Å². The molecule has 2 aromatic rings. The number of halogens is 1. The van der Waals surface area contributed by atoms with E-state index >= 15 is 0 Å². The van der Waals surface area contributed by atoms with Crippen LogP contribution in [0.2, 0.25) is 0 Å². The Labute approximate surface area is 116 Å². The molecule has 0 spiro atoms. The summed E-state index contributed by atoms with van der Waals surface area (Å²) in [4.78, 5) is 4.42. The Hall–Kier alpha value is -1.72. The largest absolute Gasteiger partial charge is 0.377 e. The number of fused-ring (bicyclic) bond motifs is 1. The minimum Gasteiger partial charge on any atom is -0.377 e. The lowest BCUT2D eigenvalue weighted by molar-refractivity contribution is 0.0795. The number of benzene rings is 1. The van der Waals surface area contributed by atoms with E-state index in [4.69, 9.17) is 9.47 Å². The van der Waals surface area contributed by atoms with Gasteiger partial charge in [-0.3, -0.25) is 4.98 Å². The Morgan fingerprint density at radius 1 is 1.35 bits per heavy atom. The molecule has 2 atom stereocenters. The molecule has 0 saturated carbocycles. The molecule has 1 aromatic carbocycles. The number of hydrogen-bond acceptors (Lipinski definition) is 4. The summed E-state index contributed by atoms with van der Waals surface area (Å²) in [5, 5.41) is 4.17. The molecule has 3 rings (SSSR count). The summed E-state index contributed by atoms with van der Waals surface area (Å²) >= 11 is 0. The lowest BCUT2D eigenvalue weighted by atomic mass is 10.1. The molecule has 0 amide bonds. The number of pyridine rings is 1. The predicted molar refractivity (Wildman–Crippen MR) is 75.5 cm³/mol. The van der Waals surface area contributed by atoms with E-state index in [1.165, 1.54) is 12.1 Å². The first-order valence-corrected chi connectivity index (χ1v) is 6.61. The maximum absolute atomic E-state index is 13.5. The number of aryl methyl sites for hydroxylation is 1. The second kappa shape index (κ2) is 5.34. The molecule has 0 radical (unpaired) electrons. The Bertz CT molecular complexity index is 633. The summed E-state index contributed by atoms with van der Waals surface area (Å²) in [6.45, 7) is 3.08. The fourth-order valence-corrected chi connectivity index (χ4v) is 2.55. The normalized spacial score (nSPS) is 22.4. The summed E-state index contributed by atoms with van der Waals surface area (Å²) < 4.78 is 24.3. The van der Waals surface area contributed by atoms with Crippen LogP contribution < -0.4 is 5.32 Å². The Kier molecular flexibility index (Phi) is 3.54. The highest BCUT2D eigenvalue weighted by Crippen LogP contribution is 2.26. The summed E-state index contributed by atoms with van der Waals surface area (Å²) in [6, 6.07) is 6.61. The van der Waals surface area contributed by atoms with Gasteiger partial charge in [0, 0.05) is 23.9 Å². The third kappa shape index (κ3) is 2.46. The smallest absolute Gasteiger partial charge is 0.124 e. The monoisotopic (exact) mass is 276 g/mol. The second-order valence-electron chi connectivity index (χ2n) is 5.04. The zero-order valence-electron chi connectivity index (χ0n) is 11.5. The maximum atomic E-state index is 13.5. The minimum absolute atomic E-state index is 0.00656. The number of methoxy groups -OCH3 is 1. The highest BCUT2D eigenvalue weighted by Gasteiger charge is 2.28. The van der Waals surface area contributed by atoms with Gasteiger partial charge in [-0.05, 0) is 31.2 Å². The van der Waals surface area contributed by atoms with Crippen molar-refractivity contribution in [3.63, 3.8) is 0 Å². The minimum atomic E-state index is -0.267. The molecule has 1 aromatic heterocycles. The Morgan fingerprint density at radius 2 is 2.20 bits per heavy atom. The average molecular weight is 276 g/mol. The number of aromatic nitrogens is 1. The molecule has 20 heavy (non-hydrogen) atoms. The lowest BCUT2D eigenvalue weighted by Gasteiger charge is -2.20. The summed E-state index contributed by atoms with van der Waals surface area (Å²) in [6.07, 6.45) is 0.00656. The third-order valence-electron chi connectivity index (χ3n) is 3.57. The van der Waals surface area contributed by atoms with Gasteiger partial charge in [0.1, 0.15) is 11.9 Å². The van der Waals surface area contributed by atoms with Gasteiger partial charge < -0.3 is 14.8 Å². The Balaban J connectivity index is 1.99. The molecule has 0 unspecified atom stereocenters. The van der Waals surface area contributed by atoms with Crippen molar-refractivity contribution in [2.45, 2.75) is 19.1 Å². The van der Waals surface area contributed by atoms with Crippen molar-refractivity contribution in [3.05, 3.63) is 35.8 Å². The van der Waals surface area contributed by atoms with Crippen molar-refractivity contribution in [2.24, 2.45) is 0 Å². The van der Waals surface area contributed by atoms with Crippen LogP contribution in [0.4, 0.5) is 10.1 Å². The molecule has 0 aliphatic carbocycles. The molecule has 1 fully saturated rings. The highest BCUT2D eigenvalue weighted by atomic mass is 19.1. The molecule has 5 heteroatoms.